The van der Waals surface area contributed by atoms with Crippen molar-refractivity contribution in [2.45, 2.75) is 25.8 Å². The van der Waals surface area contributed by atoms with E-state index < -0.39 is 0 Å². The largest absolute Gasteiger partial charge is 0.396 e. The van der Waals surface area contributed by atoms with Crippen LogP contribution in [0.2, 0.25) is 0 Å². The lowest BCUT2D eigenvalue weighted by atomic mass is 9.91. The molecular formula is C16H22N2O2. The summed E-state index contributed by atoms with van der Waals surface area (Å²) in [4.78, 5) is 15.8. The number of anilines is 1. The SMILES string of the molecule is CC(=O)N1CC[C@@H](N2CCc3ccccc32)[C@H](CO)C1. The zero-order valence-corrected chi connectivity index (χ0v) is 12.0. The number of benzene rings is 1. The summed E-state index contributed by atoms with van der Waals surface area (Å²) in [6.07, 6.45) is 2.03. The number of nitrogens with zero attached hydrogens (tertiary/aromatic N) is 2. The van der Waals surface area contributed by atoms with Crippen LogP contribution < -0.4 is 4.90 Å². The van der Waals surface area contributed by atoms with Crippen LogP contribution in [0, 0.1) is 5.92 Å². The van der Waals surface area contributed by atoms with Gasteiger partial charge in [-0.2, -0.15) is 0 Å². The average molecular weight is 274 g/mol. The van der Waals surface area contributed by atoms with E-state index in [1.54, 1.807) is 6.92 Å². The highest BCUT2D eigenvalue weighted by Gasteiger charge is 2.36. The third-order valence-corrected chi connectivity index (χ3v) is 4.70. The summed E-state index contributed by atoms with van der Waals surface area (Å²) in [6, 6.07) is 8.88. The predicted octanol–water partition coefficient (Wildman–Crippen LogP) is 1.28. The first-order valence-electron chi connectivity index (χ1n) is 7.41. The van der Waals surface area contributed by atoms with Crippen molar-refractivity contribution in [3.05, 3.63) is 29.8 Å². The van der Waals surface area contributed by atoms with Gasteiger partial charge in [0.25, 0.3) is 0 Å². The third kappa shape index (κ3) is 2.29. The van der Waals surface area contributed by atoms with Crippen molar-refractivity contribution in [3.8, 4) is 0 Å². The number of fused-ring (bicyclic) bond motifs is 1. The van der Waals surface area contributed by atoms with Gasteiger partial charge in [-0.3, -0.25) is 4.79 Å². The molecule has 1 fully saturated rings. The zero-order valence-electron chi connectivity index (χ0n) is 12.0. The molecule has 1 N–H and O–H groups in total. The number of amides is 1. The van der Waals surface area contributed by atoms with Gasteiger partial charge < -0.3 is 14.9 Å². The number of piperidine rings is 1. The molecule has 4 nitrogen and oxygen atoms in total. The maximum absolute atomic E-state index is 11.5. The van der Waals surface area contributed by atoms with E-state index in [0.29, 0.717) is 12.6 Å². The van der Waals surface area contributed by atoms with Gasteiger partial charge in [0.15, 0.2) is 0 Å². The van der Waals surface area contributed by atoms with Crippen LogP contribution in [0.4, 0.5) is 5.69 Å². The van der Waals surface area contributed by atoms with Gasteiger partial charge in [0, 0.05) is 50.8 Å². The van der Waals surface area contributed by atoms with Gasteiger partial charge in [0.1, 0.15) is 0 Å². The van der Waals surface area contributed by atoms with Gasteiger partial charge in [-0.15, -0.1) is 0 Å². The van der Waals surface area contributed by atoms with Gasteiger partial charge in [-0.05, 0) is 24.5 Å². The first-order chi connectivity index (χ1) is 9.70. The molecule has 20 heavy (non-hydrogen) atoms. The standard InChI is InChI=1S/C16H22N2O2/c1-12(20)17-8-7-16(14(10-17)11-19)18-9-6-13-4-2-3-5-15(13)18/h2-5,14,16,19H,6-11H2,1H3/t14-,16+/m0/s1. The van der Waals surface area contributed by atoms with Crippen molar-refractivity contribution >= 4 is 11.6 Å². The van der Waals surface area contributed by atoms with Crippen LogP contribution in [-0.2, 0) is 11.2 Å². The Balaban J connectivity index is 1.79. The molecule has 4 heteroatoms. The summed E-state index contributed by atoms with van der Waals surface area (Å²) in [5.41, 5.74) is 2.71. The quantitative estimate of drug-likeness (QED) is 0.883. The molecule has 2 aliphatic heterocycles. The van der Waals surface area contributed by atoms with Crippen LogP contribution in [0.3, 0.4) is 0 Å². The van der Waals surface area contributed by atoms with E-state index in [1.165, 1.54) is 11.3 Å². The Bertz CT molecular complexity index is 503. The molecule has 3 rings (SSSR count). The Morgan fingerprint density at radius 2 is 2.15 bits per heavy atom. The fourth-order valence-corrected chi connectivity index (χ4v) is 3.60. The lowest BCUT2D eigenvalue weighted by molar-refractivity contribution is -0.131. The maximum atomic E-state index is 11.5. The number of likely N-dealkylation sites (tertiary alicyclic amines) is 1. The summed E-state index contributed by atoms with van der Waals surface area (Å²) in [5, 5.41) is 9.70. The average Bonchev–Trinajstić information content (AvgIpc) is 2.90. The highest BCUT2D eigenvalue weighted by molar-refractivity contribution is 5.73. The number of rotatable bonds is 2. The minimum absolute atomic E-state index is 0.115. The van der Waals surface area contributed by atoms with Gasteiger partial charge in [-0.1, -0.05) is 18.2 Å². The summed E-state index contributed by atoms with van der Waals surface area (Å²) in [7, 11) is 0. The highest BCUT2D eigenvalue weighted by Crippen LogP contribution is 2.34. The summed E-state index contributed by atoms with van der Waals surface area (Å²) >= 11 is 0. The normalized spacial score (nSPS) is 25.7. The molecule has 1 aromatic rings. The molecule has 2 aliphatic rings. The molecule has 1 amide bonds. The first-order valence-corrected chi connectivity index (χ1v) is 7.41. The van der Waals surface area contributed by atoms with E-state index in [0.717, 1.165) is 25.9 Å². The molecule has 0 saturated carbocycles. The number of carbonyl (C=O) groups is 1. The second kappa shape index (κ2) is 5.44. The molecule has 0 bridgehead atoms. The van der Waals surface area contributed by atoms with Gasteiger partial charge in [-0.25, -0.2) is 0 Å². The molecule has 1 saturated heterocycles. The van der Waals surface area contributed by atoms with E-state index in [-0.39, 0.29) is 18.4 Å². The molecule has 108 valence electrons. The second-order valence-electron chi connectivity index (χ2n) is 5.84. The van der Waals surface area contributed by atoms with Gasteiger partial charge in [0.2, 0.25) is 5.91 Å². The molecule has 0 radical (unpaired) electrons. The predicted molar refractivity (Wildman–Crippen MR) is 78.7 cm³/mol. The lowest BCUT2D eigenvalue weighted by Gasteiger charge is -2.43. The van der Waals surface area contributed by atoms with Crippen LogP contribution in [0.5, 0.6) is 0 Å². The van der Waals surface area contributed by atoms with Crippen LogP contribution in [0.1, 0.15) is 18.9 Å². The van der Waals surface area contributed by atoms with Gasteiger partial charge >= 0.3 is 0 Å². The molecule has 2 atom stereocenters. The Hall–Kier alpha value is -1.55. The van der Waals surface area contributed by atoms with Crippen LogP contribution >= 0.6 is 0 Å². The summed E-state index contributed by atoms with van der Waals surface area (Å²) < 4.78 is 0. The highest BCUT2D eigenvalue weighted by atomic mass is 16.3. The van der Waals surface area contributed by atoms with Crippen molar-refractivity contribution in [3.63, 3.8) is 0 Å². The van der Waals surface area contributed by atoms with Crippen LogP contribution in [0.25, 0.3) is 0 Å². The monoisotopic (exact) mass is 274 g/mol. The zero-order chi connectivity index (χ0) is 14.1. The maximum Gasteiger partial charge on any atom is 0.219 e. The minimum Gasteiger partial charge on any atom is -0.396 e. The lowest BCUT2D eigenvalue weighted by Crippen LogP contribution is -2.53. The second-order valence-corrected chi connectivity index (χ2v) is 5.84. The number of aliphatic hydroxyl groups is 1. The van der Waals surface area contributed by atoms with Crippen molar-refractivity contribution in [2.75, 3.05) is 31.1 Å². The topological polar surface area (TPSA) is 43.8 Å². The number of carbonyl (C=O) groups excluding carboxylic acids is 1. The van der Waals surface area contributed by atoms with Crippen molar-refractivity contribution in [1.29, 1.82) is 0 Å². The summed E-state index contributed by atoms with van der Waals surface area (Å²) in [5.74, 6) is 0.266. The fourth-order valence-electron chi connectivity index (χ4n) is 3.60. The smallest absolute Gasteiger partial charge is 0.219 e. The Labute approximate surface area is 120 Å². The van der Waals surface area contributed by atoms with E-state index in [2.05, 4.69) is 29.2 Å². The molecule has 0 aliphatic carbocycles. The van der Waals surface area contributed by atoms with E-state index in [4.69, 9.17) is 0 Å². The van der Waals surface area contributed by atoms with E-state index in [1.807, 2.05) is 4.90 Å². The third-order valence-electron chi connectivity index (χ3n) is 4.70. The van der Waals surface area contributed by atoms with E-state index >= 15 is 0 Å². The number of hydrogen-bond acceptors (Lipinski definition) is 3. The Kier molecular flexibility index (Phi) is 3.66. The Morgan fingerprint density at radius 3 is 2.90 bits per heavy atom. The molecule has 2 heterocycles. The molecule has 1 aromatic carbocycles. The molecular weight excluding hydrogens is 252 g/mol. The Morgan fingerprint density at radius 1 is 1.35 bits per heavy atom. The van der Waals surface area contributed by atoms with E-state index in [9.17, 15) is 9.90 Å². The summed E-state index contributed by atoms with van der Waals surface area (Å²) in [6.45, 7) is 4.26. The number of hydrogen-bond donors (Lipinski definition) is 1. The molecule has 0 spiro atoms. The van der Waals surface area contributed by atoms with Crippen molar-refractivity contribution in [2.24, 2.45) is 5.92 Å². The van der Waals surface area contributed by atoms with Crippen molar-refractivity contribution < 1.29 is 9.90 Å². The molecule has 0 aromatic heterocycles. The van der Waals surface area contributed by atoms with Crippen LogP contribution in [0.15, 0.2) is 24.3 Å². The molecule has 0 unspecified atom stereocenters. The number of para-hydroxylation sites is 1. The van der Waals surface area contributed by atoms with Gasteiger partial charge in [0.05, 0.1) is 0 Å². The minimum atomic E-state index is 0.115. The fraction of sp³-hybridized carbons (Fsp3) is 0.562. The number of aliphatic hydroxyl groups excluding tert-OH is 1. The first kappa shape index (κ1) is 13.4. The van der Waals surface area contributed by atoms with Crippen molar-refractivity contribution in [1.82, 2.24) is 4.90 Å². The van der Waals surface area contributed by atoms with Crippen LogP contribution in [-0.4, -0.2) is 48.2 Å².